The van der Waals surface area contributed by atoms with E-state index in [0.29, 0.717) is 28.9 Å². The molecule has 0 saturated heterocycles. The Bertz CT molecular complexity index is 1650. The third-order valence-corrected chi connectivity index (χ3v) is 6.12. The van der Waals surface area contributed by atoms with Crippen molar-refractivity contribution < 1.29 is 23.4 Å². The number of carbonyl (C=O) groups excluding carboxylic acids is 1. The lowest BCUT2D eigenvalue weighted by Gasteiger charge is -2.15. The molecule has 1 heterocycles. The second-order valence-electron chi connectivity index (χ2n) is 8.87. The lowest BCUT2D eigenvalue weighted by molar-refractivity contribution is 0.0524. The Labute approximate surface area is 224 Å². The summed E-state index contributed by atoms with van der Waals surface area (Å²) in [5, 5.41) is 0.326. The molecule has 1 aromatic heterocycles. The molecule has 0 radical (unpaired) electrons. The summed E-state index contributed by atoms with van der Waals surface area (Å²) < 4.78 is 32.1. The highest BCUT2D eigenvalue weighted by Gasteiger charge is 2.17. The van der Waals surface area contributed by atoms with Crippen LogP contribution >= 0.6 is 0 Å². The first-order chi connectivity index (χ1) is 19.0. The molecule has 0 unspecified atom stereocenters. The van der Waals surface area contributed by atoms with Crippen LogP contribution in [0.4, 0.5) is 4.39 Å². The topological polar surface area (TPSA) is 66.8 Å². The number of hydrogen-bond donors (Lipinski definition) is 0. The van der Waals surface area contributed by atoms with Crippen LogP contribution in [0.2, 0.25) is 0 Å². The molecular weight excluding hydrogens is 497 g/mol. The van der Waals surface area contributed by atoms with E-state index in [1.807, 2.05) is 54.6 Å². The number of pyridine rings is 1. The molecule has 5 rings (SSSR count). The average molecular weight is 524 g/mol. The van der Waals surface area contributed by atoms with Crippen LogP contribution in [0.25, 0.3) is 10.9 Å². The Morgan fingerprint density at radius 3 is 2.21 bits per heavy atom. The van der Waals surface area contributed by atoms with Crippen LogP contribution in [0.1, 0.15) is 28.4 Å². The van der Waals surface area contributed by atoms with Gasteiger partial charge in [0, 0.05) is 12.7 Å². The largest absolute Gasteiger partial charge is 0.489 e. The fraction of sp³-hybridized carbons (Fsp3) is 0.125. The van der Waals surface area contributed by atoms with Crippen molar-refractivity contribution in [2.45, 2.75) is 20.1 Å². The highest BCUT2D eigenvalue weighted by molar-refractivity contribution is 5.94. The predicted octanol–water partition coefficient (Wildman–Crippen LogP) is 6.74. The maximum Gasteiger partial charge on any atom is 0.343 e. The van der Waals surface area contributed by atoms with Gasteiger partial charge in [0.2, 0.25) is 5.43 Å². The summed E-state index contributed by atoms with van der Waals surface area (Å²) in [5.74, 6) is 0.921. The summed E-state index contributed by atoms with van der Waals surface area (Å²) in [5.41, 5.74) is 1.84. The Hall–Kier alpha value is -4.91. The van der Waals surface area contributed by atoms with Gasteiger partial charge in [0.15, 0.2) is 0 Å². The molecule has 4 aromatic carbocycles. The van der Waals surface area contributed by atoms with E-state index in [-0.39, 0.29) is 24.6 Å². The standard InChI is InChI=1S/C32H26FNO5/c1-2-37-32(36)29-20-34(19-22-8-12-24(33)13-9-22)30-17-16-27(18-28(30)31(29)35)38-21-23-10-14-26(15-11-23)39-25-6-4-3-5-7-25/h3-18,20H,2,19,21H2,1H3. The highest BCUT2D eigenvalue weighted by Crippen LogP contribution is 2.24. The van der Waals surface area contributed by atoms with Crippen LogP contribution < -0.4 is 14.9 Å². The van der Waals surface area contributed by atoms with Gasteiger partial charge < -0.3 is 18.8 Å². The summed E-state index contributed by atoms with van der Waals surface area (Å²) >= 11 is 0. The van der Waals surface area contributed by atoms with E-state index in [1.54, 1.807) is 41.8 Å². The predicted molar refractivity (Wildman–Crippen MR) is 147 cm³/mol. The summed E-state index contributed by atoms with van der Waals surface area (Å²) in [7, 11) is 0. The maximum absolute atomic E-state index is 13.4. The molecule has 0 aliphatic heterocycles. The summed E-state index contributed by atoms with van der Waals surface area (Å²) in [6.07, 6.45) is 1.49. The number of fused-ring (bicyclic) bond motifs is 1. The van der Waals surface area contributed by atoms with Crippen LogP contribution in [0.15, 0.2) is 108 Å². The van der Waals surface area contributed by atoms with Crippen molar-refractivity contribution in [3.63, 3.8) is 0 Å². The van der Waals surface area contributed by atoms with Crippen molar-refractivity contribution in [1.29, 1.82) is 0 Å². The molecule has 0 bridgehead atoms. The van der Waals surface area contributed by atoms with Gasteiger partial charge in [0.1, 0.15) is 35.2 Å². The van der Waals surface area contributed by atoms with Crippen LogP contribution in [-0.4, -0.2) is 17.1 Å². The number of nitrogens with zero attached hydrogens (tertiary/aromatic N) is 1. The van der Waals surface area contributed by atoms with Crippen molar-refractivity contribution in [2.75, 3.05) is 6.61 Å². The van der Waals surface area contributed by atoms with Gasteiger partial charge in [-0.1, -0.05) is 42.5 Å². The molecule has 0 atom stereocenters. The summed E-state index contributed by atoms with van der Waals surface area (Å²) in [4.78, 5) is 25.8. The number of hydrogen-bond acceptors (Lipinski definition) is 5. The second kappa shape index (κ2) is 11.6. The lowest BCUT2D eigenvalue weighted by Crippen LogP contribution is -2.21. The van der Waals surface area contributed by atoms with E-state index in [9.17, 15) is 14.0 Å². The van der Waals surface area contributed by atoms with Crippen LogP contribution in [-0.2, 0) is 17.9 Å². The number of esters is 1. The molecule has 0 fully saturated rings. The van der Waals surface area contributed by atoms with Crippen molar-refractivity contribution in [2.24, 2.45) is 0 Å². The molecule has 7 heteroatoms. The van der Waals surface area contributed by atoms with Gasteiger partial charge in [0.25, 0.3) is 0 Å². The Balaban J connectivity index is 1.39. The first kappa shape index (κ1) is 25.7. The average Bonchev–Trinajstić information content (AvgIpc) is 2.96. The number of para-hydroxylation sites is 1. The fourth-order valence-electron chi connectivity index (χ4n) is 4.18. The number of carbonyl (C=O) groups is 1. The van der Waals surface area contributed by atoms with E-state index >= 15 is 0 Å². The molecule has 0 N–H and O–H groups in total. The van der Waals surface area contributed by atoms with Crippen molar-refractivity contribution in [3.05, 3.63) is 136 Å². The number of aromatic nitrogens is 1. The Morgan fingerprint density at radius 1 is 0.821 bits per heavy atom. The zero-order chi connectivity index (χ0) is 27.2. The van der Waals surface area contributed by atoms with Crippen molar-refractivity contribution in [1.82, 2.24) is 4.57 Å². The zero-order valence-electron chi connectivity index (χ0n) is 21.3. The summed E-state index contributed by atoms with van der Waals surface area (Å²) in [6, 6.07) is 28.3. The molecule has 0 spiro atoms. The molecule has 0 aliphatic rings. The molecule has 6 nitrogen and oxygen atoms in total. The number of benzene rings is 4. The smallest absolute Gasteiger partial charge is 0.343 e. The van der Waals surface area contributed by atoms with E-state index in [2.05, 4.69) is 0 Å². The quantitative estimate of drug-likeness (QED) is 0.200. The van der Waals surface area contributed by atoms with Gasteiger partial charge in [-0.2, -0.15) is 0 Å². The first-order valence-corrected chi connectivity index (χ1v) is 12.5. The van der Waals surface area contributed by atoms with Crippen molar-refractivity contribution >= 4 is 16.9 Å². The van der Waals surface area contributed by atoms with E-state index in [4.69, 9.17) is 14.2 Å². The SMILES string of the molecule is CCOC(=O)c1cn(Cc2ccc(F)cc2)c2ccc(OCc3ccc(Oc4ccccc4)cc3)cc2c1=O. The number of ether oxygens (including phenoxy) is 3. The van der Waals surface area contributed by atoms with Gasteiger partial charge >= 0.3 is 5.97 Å². The monoisotopic (exact) mass is 523 g/mol. The highest BCUT2D eigenvalue weighted by atomic mass is 19.1. The fourth-order valence-corrected chi connectivity index (χ4v) is 4.18. The maximum atomic E-state index is 13.4. The number of halogens is 1. The minimum absolute atomic E-state index is 0.0717. The minimum Gasteiger partial charge on any atom is -0.489 e. The molecule has 39 heavy (non-hydrogen) atoms. The zero-order valence-corrected chi connectivity index (χ0v) is 21.3. The second-order valence-corrected chi connectivity index (χ2v) is 8.87. The van der Waals surface area contributed by atoms with Gasteiger partial charge in [0.05, 0.1) is 17.5 Å². The van der Waals surface area contributed by atoms with E-state index in [0.717, 1.165) is 16.9 Å². The van der Waals surface area contributed by atoms with Gasteiger partial charge in [-0.25, -0.2) is 9.18 Å². The first-order valence-electron chi connectivity index (χ1n) is 12.5. The van der Waals surface area contributed by atoms with Crippen LogP contribution in [0.3, 0.4) is 0 Å². The van der Waals surface area contributed by atoms with E-state index < -0.39 is 11.4 Å². The van der Waals surface area contributed by atoms with E-state index in [1.165, 1.54) is 18.3 Å². The molecular formula is C32H26FNO5. The van der Waals surface area contributed by atoms with Crippen LogP contribution in [0.5, 0.6) is 17.2 Å². The normalized spacial score (nSPS) is 10.8. The lowest BCUT2D eigenvalue weighted by atomic mass is 10.1. The van der Waals surface area contributed by atoms with Gasteiger partial charge in [-0.05, 0) is 72.6 Å². The van der Waals surface area contributed by atoms with Crippen molar-refractivity contribution in [3.8, 4) is 17.2 Å². The van der Waals surface area contributed by atoms with Crippen LogP contribution in [0, 0.1) is 5.82 Å². The van der Waals surface area contributed by atoms with Gasteiger partial charge in [-0.3, -0.25) is 4.79 Å². The molecule has 0 saturated carbocycles. The third kappa shape index (κ3) is 6.15. The third-order valence-electron chi connectivity index (χ3n) is 6.12. The molecule has 5 aromatic rings. The Morgan fingerprint density at radius 2 is 1.49 bits per heavy atom. The minimum atomic E-state index is -0.693. The summed E-state index contributed by atoms with van der Waals surface area (Å²) in [6.45, 7) is 2.44. The number of rotatable bonds is 9. The molecule has 0 aliphatic carbocycles. The van der Waals surface area contributed by atoms with Gasteiger partial charge in [-0.15, -0.1) is 0 Å². The molecule has 0 amide bonds. The Kier molecular flexibility index (Phi) is 7.68. The molecule has 196 valence electrons.